The van der Waals surface area contributed by atoms with E-state index in [0.717, 1.165) is 0 Å². The van der Waals surface area contributed by atoms with Gasteiger partial charge in [-0.25, -0.2) is 8.42 Å². The lowest BCUT2D eigenvalue weighted by Crippen LogP contribution is -2.19. The molecule has 0 fully saturated rings. The molecule has 0 aromatic rings. The van der Waals surface area contributed by atoms with Gasteiger partial charge in [-0.3, -0.25) is 0 Å². The lowest BCUT2D eigenvalue weighted by molar-refractivity contribution is 0.210. The standard InChI is InChI=1S/C5H10NO4S/c1-2-11(9,10)6-5(3-7)4-8/h2,5,7-8H,1,3-4H2/q-1. The highest BCUT2D eigenvalue weighted by atomic mass is 32.2. The quantitative estimate of drug-likeness (QED) is 0.579. The Kier molecular flexibility index (Phi) is 4.27. The minimum atomic E-state index is -3.67. The predicted molar refractivity (Wildman–Crippen MR) is 40.4 cm³/mol. The van der Waals surface area contributed by atoms with Crippen molar-refractivity contribution in [2.45, 2.75) is 6.04 Å². The molecule has 0 saturated carbocycles. The number of nitrogens with zero attached hydrogens (tertiary/aromatic N) is 1. The fourth-order valence-electron chi connectivity index (χ4n) is 0.375. The lowest BCUT2D eigenvalue weighted by Gasteiger charge is -2.25. The molecule has 66 valence electrons. The van der Waals surface area contributed by atoms with Crippen LogP contribution in [-0.4, -0.2) is 37.9 Å². The van der Waals surface area contributed by atoms with Crippen molar-refractivity contribution in [3.05, 3.63) is 16.7 Å². The average Bonchev–Trinajstić information content (AvgIpc) is 2.00. The van der Waals surface area contributed by atoms with Gasteiger partial charge in [0.1, 0.15) is 0 Å². The fraction of sp³-hybridized carbons (Fsp3) is 0.600. The molecule has 0 aliphatic rings. The Hall–Kier alpha value is -0.430. The molecule has 0 atom stereocenters. The van der Waals surface area contributed by atoms with Crippen molar-refractivity contribution >= 4 is 10.0 Å². The molecule has 0 radical (unpaired) electrons. The maximum Gasteiger partial charge on any atom is 0.0937 e. The van der Waals surface area contributed by atoms with Gasteiger partial charge in [-0.15, -0.1) is 0 Å². The second kappa shape index (κ2) is 4.45. The summed E-state index contributed by atoms with van der Waals surface area (Å²) in [6, 6.07) is -0.974. The normalized spacial score (nSPS) is 11.9. The molecule has 2 N–H and O–H groups in total. The maximum absolute atomic E-state index is 10.6. The Morgan fingerprint density at radius 1 is 1.45 bits per heavy atom. The first-order chi connectivity index (χ1) is 5.05. The second-order valence-corrected chi connectivity index (χ2v) is 3.38. The van der Waals surface area contributed by atoms with E-state index >= 15 is 0 Å². The van der Waals surface area contributed by atoms with E-state index in [2.05, 4.69) is 11.3 Å². The van der Waals surface area contributed by atoms with Crippen molar-refractivity contribution in [3.63, 3.8) is 0 Å². The molecule has 0 spiro atoms. The third-order valence-corrected chi connectivity index (χ3v) is 1.94. The smallest absolute Gasteiger partial charge is 0.0937 e. The van der Waals surface area contributed by atoms with E-state index in [1.54, 1.807) is 0 Å². The van der Waals surface area contributed by atoms with E-state index in [1.165, 1.54) is 0 Å². The minimum absolute atomic E-state index is 0.496. The van der Waals surface area contributed by atoms with E-state index in [1.807, 2.05) is 0 Å². The number of aliphatic hydroxyl groups is 2. The van der Waals surface area contributed by atoms with Crippen molar-refractivity contribution in [1.29, 1.82) is 0 Å². The van der Waals surface area contributed by atoms with E-state index in [0.29, 0.717) is 5.41 Å². The van der Waals surface area contributed by atoms with Gasteiger partial charge in [0.15, 0.2) is 0 Å². The zero-order valence-corrected chi connectivity index (χ0v) is 6.66. The van der Waals surface area contributed by atoms with Crippen LogP contribution in [0.4, 0.5) is 0 Å². The molecule has 0 aromatic heterocycles. The molecule has 0 aliphatic heterocycles. The molecule has 0 bridgehead atoms. The molecule has 6 heteroatoms. The van der Waals surface area contributed by atoms with Crippen LogP contribution in [0, 0.1) is 0 Å². The first-order valence-electron chi connectivity index (χ1n) is 2.87. The van der Waals surface area contributed by atoms with Gasteiger partial charge in [0.05, 0.1) is 10.0 Å². The van der Waals surface area contributed by atoms with Crippen LogP contribution >= 0.6 is 0 Å². The first-order valence-corrected chi connectivity index (χ1v) is 4.37. The number of hydrogen-bond donors (Lipinski definition) is 2. The van der Waals surface area contributed by atoms with Crippen LogP contribution in [0.5, 0.6) is 0 Å². The first kappa shape index (κ1) is 10.6. The molecular weight excluding hydrogens is 170 g/mol. The summed E-state index contributed by atoms with van der Waals surface area (Å²) in [5.74, 6) is 0. The van der Waals surface area contributed by atoms with Crippen molar-refractivity contribution < 1.29 is 18.6 Å². The van der Waals surface area contributed by atoms with E-state index in [9.17, 15) is 8.42 Å². The van der Waals surface area contributed by atoms with Crippen LogP contribution in [0.1, 0.15) is 0 Å². The molecule has 0 amide bonds. The number of sulfonamides is 1. The van der Waals surface area contributed by atoms with Crippen LogP contribution in [0.25, 0.3) is 4.72 Å². The van der Waals surface area contributed by atoms with Gasteiger partial charge in [-0.1, -0.05) is 12.6 Å². The van der Waals surface area contributed by atoms with E-state index in [4.69, 9.17) is 10.2 Å². The van der Waals surface area contributed by atoms with E-state index in [-0.39, 0.29) is 0 Å². The minimum Gasteiger partial charge on any atom is -0.539 e. The van der Waals surface area contributed by atoms with Gasteiger partial charge in [0.2, 0.25) is 0 Å². The summed E-state index contributed by atoms with van der Waals surface area (Å²) in [5, 5.41) is 17.5. The third kappa shape index (κ3) is 4.10. The topological polar surface area (TPSA) is 88.7 Å². The van der Waals surface area contributed by atoms with Crippen LogP contribution in [0.2, 0.25) is 0 Å². The summed E-state index contributed by atoms with van der Waals surface area (Å²) in [6.07, 6.45) is 0. The molecule has 0 aromatic carbocycles. The lowest BCUT2D eigenvalue weighted by atomic mass is 10.4. The zero-order chi connectivity index (χ0) is 8.91. The summed E-state index contributed by atoms with van der Waals surface area (Å²) in [7, 11) is -3.67. The Balaban J connectivity index is 4.12. The van der Waals surface area contributed by atoms with Crippen LogP contribution < -0.4 is 0 Å². The summed E-state index contributed by atoms with van der Waals surface area (Å²) in [4.78, 5) is 0. The third-order valence-electron chi connectivity index (χ3n) is 0.928. The van der Waals surface area contributed by atoms with Gasteiger partial charge >= 0.3 is 0 Å². The zero-order valence-electron chi connectivity index (χ0n) is 5.84. The SMILES string of the molecule is C=CS(=O)(=O)[N-]C(CO)CO. The largest absolute Gasteiger partial charge is 0.539 e. The monoisotopic (exact) mass is 180 g/mol. The highest BCUT2D eigenvalue weighted by molar-refractivity contribution is 7.96. The van der Waals surface area contributed by atoms with E-state index < -0.39 is 29.3 Å². The second-order valence-electron chi connectivity index (χ2n) is 1.81. The summed E-state index contributed by atoms with van der Waals surface area (Å²) in [5.41, 5.74) is 0. The van der Waals surface area contributed by atoms with Crippen molar-refractivity contribution in [1.82, 2.24) is 0 Å². The maximum atomic E-state index is 10.6. The number of hydrogen-bond acceptors (Lipinski definition) is 4. The average molecular weight is 180 g/mol. The number of rotatable bonds is 5. The molecule has 0 heterocycles. The Morgan fingerprint density at radius 3 is 2.18 bits per heavy atom. The summed E-state index contributed by atoms with van der Waals surface area (Å²) >= 11 is 0. The molecule has 0 unspecified atom stereocenters. The van der Waals surface area contributed by atoms with Crippen LogP contribution in [-0.2, 0) is 10.0 Å². The molecule has 5 nitrogen and oxygen atoms in total. The Bertz CT molecular complexity index is 207. The van der Waals surface area contributed by atoms with Crippen LogP contribution in [0.15, 0.2) is 12.0 Å². The van der Waals surface area contributed by atoms with Gasteiger partial charge in [-0.05, 0) is 0 Å². The molecule has 0 saturated heterocycles. The summed E-state index contributed by atoms with van der Waals surface area (Å²) < 4.78 is 24.4. The van der Waals surface area contributed by atoms with Gasteiger partial charge in [-0.2, -0.15) is 0 Å². The number of aliphatic hydroxyl groups excluding tert-OH is 2. The van der Waals surface area contributed by atoms with Gasteiger partial charge < -0.3 is 14.9 Å². The predicted octanol–water partition coefficient (Wildman–Crippen LogP) is -0.813. The fourth-order valence-corrected chi connectivity index (χ4v) is 1.01. The highest BCUT2D eigenvalue weighted by Gasteiger charge is 1.98. The molecule has 0 aliphatic carbocycles. The van der Waals surface area contributed by atoms with Crippen molar-refractivity contribution in [3.8, 4) is 0 Å². The highest BCUT2D eigenvalue weighted by Crippen LogP contribution is 2.08. The summed E-state index contributed by atoms with van der Waals surface area (Å²) in [6.45, 7) is 2.02. The van der Waals surface area contributed by atoms with Crippen molar-refractivity contribution in [2.24, 2.45) is 0 Å². The molecule has 11 heavy (non-hydrogen) atoms. The Labute approximate surface area is 65.4 Å². The molecular formula is C5H10NO4S-. The van der Waals surface area contributed by atoms with Crippen LogP contribution in [0.3, 0.4) is 0 Å². The van der Waals surface area contributed by atoms with Gasteiger partial charge in [0, 0.05) is 18.6 Å². The van der Waals surface area contributed by atoms with Gasteiger partial charge in [0.25, 0.3) is 0 Å². The molecule has 0 rings (SSSR count). The Morgan fingerprint density at radius 2 is 1.91 bits per heavy atom. The van der Waals surface area contributed by atoms with Crippen molar-refractivity contribution in [2.75, 3.05) is 13.2 Å².